The van der Waals surface area contributed by atoms with Gasteiger partial charge in [0.15, 0.2) is 5.76 Å². The summed E-state index contributed by atoms with van der Waals surface area (Å²) in [5.74, 6) is 0.0698. The number of oxazole rings is 1. The van der Waals surface area contributed by atoms with Crippen LogP contribution in [0.25, 0.3) is 11.3 Å². The lowest BCUT2D eigenvalue weighted by atomic mass is 10.2. The minimum atomic E-state index is -4.70. The van der Waals surface area contributed by atoms with Gasteiger partial charge in [-0.25, -0.2) is 4.98 Å². The van der Waals surface area contributed by atoms with Crippen molar-refractivity contribution in [3.8, 4) is 17.1 Å². The molecule has 2 aromatic rings. The second kappa shape index (κ2) is 7.19. The van der Waals surface area contributed by atoms with Gasteiger partial charge in [0, 0.05) is 5.56 Å². The summed E-state index contributed by atoms with van der Waals surface area (Å²) in [5.41, 5.74) is 0.555. The summed E-state index contributed by atoms with van der Waals surface area (Å²) in [6.07, 6.45) is -2.07. The third-order valence-electron chi connectivity index (χ3n) is 1.85. The van der Waals surface area contributed by atoms with Gasteiger partial charge in [0.05, 0.1) is 6.20 Å². The molecule has 0 amide bonds. The Morgan fingerprint density at radius 1 is 1.20 bits per heavy atom. The third-order valence-corrected chi connectivity index (χ3v) is 2.02. The SMILES string of the molecule is CCC.FC(F)(F)Oc1ccc(-c2cnc(Cl)o2)cc1. The van der Waals surface area contributed by atoms with Crippen LogP contribution in [-0.2, 0) is 0 Å². The first-order chi connectivity index (χ1) is 9.35. The topological polar surface area (TPSA) is 35.3 Å². The molecule has 0 N–H and O–H groups in total. The van der Waals surface area contributed by atoms with Crippen LogP contribution in [0.4, 0.5) is 13.2 Å². The molecule has 0 atom stereocenters. The van der Waals surface area contributed by atoms with Crippen LogP contribution in [0.15, 0.2) is 34.9 Å². The predicted molar refractivity (Wildman–Crippen MR) is 69.6 cm³/mol. The number of alkyl halides is 3. The van der Waals surface area contributed by atoms with Gasteiger partial charge in [0.25, 0.3) is 5.35 Å². The summed E-state index contributed by atoms with van der Waals surface area (Å²) in [5, 5.41) is -0.0318. The van der Waals surface area contributed by atoms with Crippen molar-refractivity contribution in [2.45, 2.75) is 26.6 Å². The van der Waals surface area contributed by atoms with E-state index in [1.54, 1.807) is 0 Å². The van der Waals surface area contributed by atoms with Crippen molar-refractivity contribution >= 4 is 11.6 Å². The van der Waals surface area contributed by atoms with E-state index in [1.165, 1.54) is 36.9 Å². The van der Waals surface area contributed by atoms with Gasteiger partial charge in [0.1, 0.15) is 5.75 Å². The maximum atomic E-state index is 11.9. The molecular formula is C13H13ClF3NO2. The van der Waals surface area contributed by atoms with E-state index in [-0.39, 0.29) is 11.1 Å². The van der Waals surface area contributed by atoms with E-state index in [1.807, 2.05) is 0 Å². The van der Waals surface area contributed by atoms with E-state index in [9.17, 15) is 13.2 Å². The van der Waals surface area contributed by atoms with Crippen molar-refractivity contribution in [3.63, 3.8) is 0 Å². The standard InChI is InChI=1S/C10H5ClF3NO2.C3H8/c11-9-15-5-8(16-9)6-1-3-7(4-2-6)17-10(12,13)14;1-3-2/h1-5H;3H2,1-2H3. The molecule has 0 bridgehead atoms. The summed E-state index contributed by atoms with van der Waals surface area (Å²) in [6, 6.07) is 5.19. The zero-order chi connectivity index (χ0) is 15.2. The highest BCUT2D eigenvalue weighted by atomic mass is 35.5. The molecule has 1 aromatic carbocycles. The highest BCUT2D eigenvalue weighted by Gasteiger charge is 2.30. The number of nitrogens with zero attached hydrogens (tertiary/aromatic N) is 1. The van der Waals surface area contributed by atoms with E-state index in [4.69, 9.17) is 16.0 Å². The lowest BCUT2D eigenvalue weighted by Crippen LogP contribution is -2.16. The lowest BCUT2D eigenvalue weighted by Gasteiger charge is -2.08. The first-order valence-electron chi connectivity index (χ1n) is 5.83. The van der Waals surface area contributed by atoms with E-state index >= 15 is 0 Å². The molecule has 3 nitrogen and oxygen atoms in total. The van der Waals surface area contributed by atoms with Crippen LogP contribution >= 0.6 is 11.6 Å². The normalized spacial score (nSPS) is 10.7. The molecule has 1 heterocycles. The van der Waals surface area contributed by atoms with Crippen molar-refractivity contribution in [2.24, 2.45) is 0 Å². The molecule has 0 aliphatic carbocycles. The molecule has 2 rings (SSSR count). The van der Waals surface area contributed by atoms with E-state index in [2.05, 4.69) is 23.6 Å². The molecule has 0 radical (unpaired) electrons. The minimum absolute atomic E-state index is 0.0318. The molecule has 0 saturated heterocycles. The van der Waals surface area contributed by atoms with Crippen LogP contribution in [-0.4, -0.2) is 11.3 Å². The van der Waals surface area contributed by atoms with Crippen LogP contribution in [0.5, 0.6) is 5.75 Å². The zero-order valence-corrected chi connectivity index (χ0v) is 11.6. The van der Waals surface area contributed by atoms with Gasteiger partial charge in [-0.3, -0.25) is 0 Å². The summed E-state index contributed by atoms with van der Waals surface area (Å²) in [6.45, 7) is 4.25. The number of benzene rings is 1. The Labute approximate surface area is 119 Å². The molecule has 0 unspecified atom stereocenters. The van der Waals surface area contributed by atoms with Crippen molar-refractivity contribution < 1.29 is 22.3 Å². The predicted octanol–water partition coefficient (Wildman–Crippen LogP) is 5.31. The smallest absolute Gasteiger partial charge is 0.428 e. The molecule has 0 aliphatic heterocycles. The van der Waals surface area contributed by atoms with Gasteiger partial charge in [-0.1, -0.05) is 20.3 Å². The molecule has 0 spiro atoms. The summed E-state index contributed by atoms with van der Waals surface area (Å²) in [4.78, 5) is 3.66. The molecule has 0 aliphatic rings. The summed E-state index contributed by atoms with van der Waals surface area (Å²) >= 11 is 5.48. The monoisotopic (exact) mass is 307 g/mol. The number of ether oxygens (including phenoxy) is 1. The molecule has 1 aromatic heterocycles. The third kappa shape index (κ3) is 5.52. The fraction of sp³-hybridized carbons (Fsp3) is 0.308. The Hall–Kier alpha value is -1.69. The highest BCUT2D eigenvalue weighted by molar-refractivity contribution is 6.27. The maximum absolute atomic E-state index is 11.9. The number of rotatable bonds is 2. The second-order valence-electron chi connectivity index (χ2n) is 3.76. The van der Waals surface area contributed by atoms with E-state index in [0.717, 1.165) is 0 Å². The Balaban J connectivity index is 0.000000612. The van der Waals surface area contributed by atoms with Gasteiger partial charge < -0.3 is 9.15 Å². The minimum Gasteiger partial charge on any atom is -0.428 e. The number of hydrogen-bond acceptors (Lipinski definition) is 3. The Morgan fingerprint density at radius 3 is 2.15 bits per heavy atom. The highest BCUT2D eigenvalue weighted by Crippen LogP contribution is 2.27. The number of aromatic nitrogens is 1. The number of hydrogen-bond donors (Lipinski definition) is 0. The van der Waals surface area contributed by atoms with Crippen LogP contribution < -0.4 is 4.74 Å². The van der Waals surface area contributed by atoms with Gasteiger partial charge in [0.2, 0.25) is 0 Å². The second-order valence-corrected chi connectivity index (χ2v) is 4.08. The van der Waals surface area contributed by atoms with Crippen molar-refractivity contribution in [1.82, 2.24) is 4.98 Å². The molecule has 110 valence electrons. The Kier molecular flexibility index (Phi) is 5.88. The zero-order valence-electron chi connectivity index (χ0n) is 10.9. The molecule has 0 saturated carbocycles. The fourth-order valence-corrected chi connectivity index (χ4v) is 1.34. The van der Waals surface area contributed by atoms with Crippen molar-refractivity contribution in [2.75, 3.05) is 0 Å². The van der Waals surface area contributed by atoms with Crippen LogP contribution in [0.1, 0.15) is 20.3 Å². The number of halogens is 4. The average molecular weight is 308 g/mol. The Morgan fingerprint density at radius 2 is 1.75 bits per heavy atom. The molecule has 20 heavy (non-hydrogen) atoms. The molecule has 0 fully saturated rings. The largest absolute Gasteiger partial charge is 0.573 e. The van der Waals surface area contributed by atoms with E-state index < -0.39 is 6.36 Å². The average Bonchev–Trinajstić information content (AvgIpc) is 2.76. The van der Waals surface area contributed by atoms with Crippen LogP contribution in [0, 0.1) is 0 Å². The van der Waals surface area contributed by atoms with Crippen LogP contribution in [0.3, 0.4) is 0 Å². The molecule has 7 heteroatoms. The van der Waals surface area contributed by atoms with Gasteiger partial charge in [-0.05, 0) is 35.9 Å². The van der Waals surface area contributed by atoms with Gasteiger partial charge in [-0.2, -0.15) is 0 Å². The van der Waals surface area contributed by atoms with Crippen molar-refractivity contribution in [1.29, 1.82) is 0 Å². The van der Waals surface area contributed by atoms with Gasteiger partial charge >= 0.3 is 6.36 Å². The van der Waals surface area contributed by atoms with E-state index in [0.29, 0.717) is 11.3 Å². The molecular weight excluding hydrogens is 295 g/mol. The maximum Gasteiger partial charge on any atom is 0.573 e. The fourth-order valence-electron chi connectivity index (χ4n) is 1.21. The lowest BCUT2D eigenvalue weighted by molar-refractivity contribution is -0.274. The summed E-state index contributed by atoms with van der Waals surface area (Å²) in [7, 11) is 0. The quantitative estimate of drug-likeness (QED) is 0.754. The van der Waals surface area contributed by atoms with Crippen LogP contribution in [0.2, 0.25) is 5.35 Å². The summed E-state index contributed by atoms with van der Waals surface area (Å²) < 4.78 is 44.4. The van der Waals surface area contributed by atoms with Gasteiger partial charge in [-0.15, -0.1) is 13.2 Å². The Bertz CT molecular complexity index is 523. The van der Waals surface area contributed by atoms with Crippen molar-refractivity contribution in [3.05, 3.63) is 35.8 Å². The first kappa shape index (κ1) is 16.4. The first-order valence-corrected chi connectivity index (χ1v) is 6.21.